The molecule has 1 amide bonds. The Morgan fingerprint density at radius 1 is 1.00 bits per heavy atom. The van der Waals surface area contributed by atoms with Crippen LogP contribution < -0.4 is 10.6 Å². The molecule has 0 aliphatic rings. The zero-order valence-corrected chi connectivity index (χ0v) is 14.4. The summed E-state index contributed by atoms with van der Waals surface area (Å²) in [5.41, 5.74) is 5.28. The number of aromatic nitrogens is 1. The van der Waals surface area contributed by atoms with E-state index in [9.17, 15) is 4.79 Å². The first-order valence-electron chi connectivity index (χ1n) is 8.34. The Morgan fingerprint density at radius 3 is 2.48 bits per heavy atom. The normalized spacial score (nSPS) is 10.3. The maximum absolute atomic E-state index is 12.5. The zero-order chi connectivity index (χ0) is 17.6. The van der Waals surface area contributed by atoms with E-state index in [1.807, 2.05) is 49.4 Å². The van der Waals surface area contributed by atoms with E-state index < -0.39 is 0 Å². The summed E-state index contributed by atoms with van der Waals surface area (Å²) in [7, 11) is 0. The highest BCUT2D eigenvalue weighted by atomic mass is 16.1. The van der Waals surface area contributed by atoms with Crippen LogP contribution in [-0.4, -0.2) is 10.9 Å². The van der Waals surface area contributed by atoms with Gasteiger partial charge in [0.1, 0.15) is 5.69 Å². The Labute approximate surface area is 147 Å². The topological polar surface area (TPSA) is 54.0 Å². The minimum absolute atomic E-state index is 0.223. The van der Waals surface area contributed by atoms with Gasteiger partial charge in [0.2, 0.25) is 0 Å². The van der Waals surface area contributed by atoms with Crippen molar-refractivity contribution in [3.63, 3.8) is 0 Å². The molecule has 0 aliphatic heterocycles. The highest BCUT2D eigenvalue weighted by Gasteiger charge is 2.09. The predicted molar refractivity (Wildman–Crippen MR) is 102 cm³/mol. The number of aryl methyl sites for hydroxylation is 2. The fourth-order valence-corrected chi connectivity index (χ4v) is 2.52. The van der Waals surface area contributed by atoms with Crippen LogP contribution in [0.5, 0.6) is 0 Å². The molecule has 2 N–H and O–H groups in total. The van der Waals surface area contributed by atoms with Crippen LogP contribution in [0.3, 0.4) is 0 Å². The molecule has 4 nitrogen and oxygen atoms in total. The van der Waals surface area contributed by atoms with Crippen molar-refractivity contribution in [2.45, 2.75) is 20.3 Å². The number of carbonyl (C=O) groups excluding carboxylic acids is 1. The summed E-state index contributed by atoms with van der Waals surface area (Å²) < 4.78 is 0. The number of carbonyl (C=O) groups is 1. The van der Waals surface area contributed by atoms with Crippen molar-refractivity contribution in [1.82, 2.24) is 4.98 Å². The van der Waals surface area contributed by atoms with E-state index in [1.165, 1.54) is 5.56 Å². The SMILES string of the molecule is CCc1ccc(Nc2ccnc(C(=O)Nc3ccccc3C)c2)cc1. The molecule has 3 aromatic rings. The molecule has 0 saturated heterocycles. The molecular weight excluding hydrogens is 310 g/mol. The van der Waals surface area contributed by atoms with Crippen molar-refractivity contribution in [1.29, 1.82) is 0 Å². The lowest BCUT2D eigenvalue weighted by atomic mass is 10.1. The van der Waals surface area contributed by atoms with E-state index in [2.05, 4.69) is 34.7 Å². The van der Waals surface area contributed by atoms with Gasteiger partial charge in [-0.1, -0.05) is 37.3 Å². The Hall–Kier alpha value is -3.14. The van der Waals surface area contributed by atoms with Crippen LogP contribution in [-0.2, 0) is 6.42 Å². The number of hydrogen-bond donors (Lipinski definition) is 2. The van der Waals surface area contributed by atoms with Crippen LogP contribution in [0.2, 0.25) is 0 Å². The standard InChI is InChI=1S/C21H21N3O/c1-3-16-8-10-17(11-9-16)23-18-12-13-22-20(14-18)21(25)24-19-7-5-4-6-15(19)2/h4-14H,3H2,1-2H3,(H,22,23)(H,24,25). The van der Waals surface area contributed by atoms with E-state index in [1.54, 1.807) is 12.3 Å². The van der Waals surface area contributed by atoms with Gasteiger partial charge in [0.15, 0.2) is 0 Å². The summed E-state index contributed by atoms with van der Waals surface area (Å²) in [6, 6.07) is 19.5. The molecule has 0 saturated carbocycles. The first kappa shape index (κ1) is 16.7. The maximum atomic E-state index is 12.5. The third-order valence-electron chi connectivity index (χ3n) is 4.04. The summed E-state index contributed by atoms with van der Waals surface area (Å²) in [6.07, 6.45) is 2.65. The van der Waals surface area contributed by atoms with Crippen LogP contribution in [0.1, 0.15) is 28.5 Å². The molecule has 0 bridgehead atoms. The first-order valence-corrected chi connectivity index (χ1v) is 8.34. The van der Waals surface area contributed by atoms with Gasteiger partial charge in [-0.3, -0.25) is 9.78 Å². The van der Waals surface area contributed by atoms with Gasteiger partial charge in [-0.05, 0) is 54.8 Å². The lowest BCUT2D eigenvalue weighted by molar-refractivity contribution is 0.102. The first-order chi connectivity index (χ1) is 12.2. The minimum atomic E-state index is -0.223. The third kappa shape index (κ3) is 4.23. The van der Waals surface area contributed by atoms with Gasteiger partial charge in [-0.2, -0.15) is 0 Å². The van der Waals surface area contributed by atoms with Gasteiger partial charge < -0.3 is 10.6 Å². The number of nitrogens with one attached hydrogen (secondary N) is 2. The number of pyridine rings is 1. The van der Waals surface area contributed by atoms with Crippen molar-refractivity contribution in [2.75, 3.05) is 10.6 Å². The number of benzene rings is 2. The van der Waals surface area contributed by atoms with E-state index in [0.717, 1.165) is 29.0 Å². The average molecular weight is 331 g/mol. The Balaban J connectivity index is 1.74. The molecule has 0 spiro atoms. The van der Waals surface area contributed by atoms with Crippen LogP contribution in [0.4, 0.5) is 17.1 Å². The fraction of sp³-hybridized carbons (Fsp3) is 0.143. The van der Waals surface area contributed by atoms with Gasteiger partial charge in [-0.15, -0.1) is 0 Å². The van der Waals surface area contributed by atoms with Crippen molar-refractivity contribution in [3.8, 4) is 0 Å². The Kier molecular flexibility index (Phi) is 5.09. The van der Waals surface area contributed by atoms with Crippen LogP contribution in [0, 0.1) is 6.92 Å². The van der Waals surface area contributed by atoms with E-state index in [0.29, 0.717) is 5.69 Å². The second kappa shape index (κ2) is 7.62. The van der Waals surface area contributed by atoms with Crippen molar-refractivity contribution >= 4 is 23.0 Å². The van der Waals surface area contributed by atoms with Crippen molar-refractivity contribution < 1.29 is 4.79 Å². The zero-order valence-electron chi connectivity index (χ0n) is 14.4. The molecule has 126 valence electrons. The van der Waals surface area contributed by atoms with E-state index in [4.69, 9.17) is 0 Å². The Bertz CT molecular complexity index is 872. The highest BCUT2D eigenvalue weighted by Crippen LogP contribution is 2.19. The third-order valence-corrected chi connectivity index (χ3v) is 4.04. The van der Waals surface area contributed by atoms with E-state index >= 15 is 0 Å². The molecule has 25 heavy (non-hydrogen) atoms. The predicted octanol–water partition coefficient (Wildman–Crippen LogP) is 4.95. The summed E-state index contributed by atoms with van der Waals surface area (Å²) in [6.45, 7) is 4.09. The smallest absolute Gasteiger partial charge is 0.274 e. The minimum Gasteiger partial charge on any atom is -0.355 e. The van der Waals surface area contributed by atoms with Crippen molar-refractivity contribution in [3.05, 3.63) is 83.7 Å². The number of rotatable bonds is 5. The molecule has 4 heteroatoms. The van der Waals surface area contributed by atoms with Crippen molar-refractivity contribution in [2.24, 2.45) is 0 Å². The molecule has 0 atom stereocenters. The highest BCUT2D eigenvalue weighted by molar-refractivity contribution is 6.03. The molecule has 0 radical (unpaired) electrons. The molecular formula is C21H21N3O. The van der Waals surface area contributed by atoms with Gasteiger partial charge in [0.05, 0.1) is 0 Å². The second-order valence-corrected chi connectivity index (χ2v) is 5.87. The molecule has 0 fully saturated rings. The summed E-state index contributed by atoms with van der Waals surface area (Å²) in [4.78, 5) is 16.6. The molecule has 0 unspecified atom stereocenters. The number of para-hydroxylation sites is 1. The largest absolute Gasteiger partial charge is 0.355 e. The van der Waals surface area contributed by atoms with Gasteiger partial charge in [0, 0.05) is 23.3 Å². The summed E-state index contributed by atoms with van der Waals surface area (Å²) in [5, 5.41) is 6.21. The van der Waals surface area contributed by atoms with E-state index in [-0.39, 0.29) is 5.91 Å². The van der Waals surface area contributed by atoms with Gasteiger partial charge in [-0.25, -0.2) is 0 Å². The summed E-state index contributed by atoms with van der Waals surface area (Å²) in [5.74, 6) is -0.223. The van der Waals surface area contributed by atoms with Gasteiger partial charge in [0.25, 0.3) is 5.91 Å². The lowest BCUT2D eigenvalue weighted by Crippen LogP contribution is -2.14. The van der Waals surface area contributed by atoms with Crippen LogP contribution in [0.25, 0.3) is 0 Å². The lowest BCUT2D eigenvalue weighted by Gasteiger charge is -2.10. The second-order valence-electron chi connectivity index (χ2n) is 5.87. The molecule has 1 heterocycles. The number of amides is 1. The quantitative estimate of drug-likeness (QED) is 0.695. The fourth-order valence-electron chi connectivity index (χ4n) is 2.52. The molecule has 3 rings (SSSR count). The summed E-state index contributed by atoms with van der Waals surface area (Å²) >= 11 is 0. The van der Waals surface area contributed by atoms with Crippen LogP contribution in [0.15, 0.2) is 66.9 Å². The number of hydrogen-bond acceptors (Lipinski definition) is 3. The average Bonchev–Trinajstić information content (AvgIpc) is 2.64. The Morgan fingerprint density at radius 2 is 1.76 bits per heavy atom. The molecule has 2 aromatic carbocycles. The molecule has 0 aliphatic carbocycles. The molecule has 1 aromatic heterocycles. The monoisotopic (exact) mass is 331 g/mol. The number of anilines is 3. The maximum Gasteiger partial charge on any atom is 0.274 e. The van der Waals surface area contributed by atoms with Crippen LogP contribution >= 0.6 is 0 Å². The van der Waals surface area contributed by atoms with Gasteiger partial charge >= 0.3 is 0 Å². The number of nitrogens with zero attached hydrogens (tertiary/aromatic N) is 1.